The molecule has 0 aliphatic carbocycles. The predicted octanol–water partition coefficient (Wildman–Crippen LogP) is 7.54. The SMILES string of the molecule is CCCCCCCCCCCCCCCCCC[n+]1ccc(-c2cc[n+](CCCN)cc2)cc1. The molecular weight excluding hydrogens is 414 g/mol. The second-order valence-corrected chi connectivity index (χ2v) is 10.1. The van der Waals surface area contributed by atoms with Gasteiger partial charge in [0.1, 0.15) is 13.1 Å². The Morgan fingerprint density at radius 2 is 0.794 bits per heavy atom. The minimum atomic E-state index is 0.743. The molecule has 0 saturated heterocycles. The Balaban J connectivity index is 1.44. The Morgan fingerprint density at radius 3 is 1.15 bits per heavy atom. The van der Waals surface area contributed by atoms with E-state index in [4.69, 9.17) is 5.73 Å². The van der Waals surface area contributed by atoms with E-state index < -0.39 is 0 Å². The third kappa shape index (κ3) is 13.2. The van der Waals surface area contributed by atoms with Gasteiger partial charge in [-0.25, -0.2) is 9.13 Å². The molecule has 0 unspecified atom stereocenters. The van der Waals surface area contributed by atoms with Crippen LogP contribution >= 0.6 is 0 Å². The van der Waals surface area contributed by atoms with Crippen LogP contribution in [-0.2, 0) is 13.1 Å². The van der Waals surface area contributed by atoms with E-state index >= 15 is 0 Å². The molecule has 3 heteroatoms. The monoisotopic (exact) mass is 467 g/mol. The van der Waals surface area contributed by atoms with Crippen LogP contribution in [0.15, 0.2) is 49.1 Å². The number of hydrogen-bond donors (Lipinski definition) is 1. The molecular formula is C31H53N3+2. The van der Waals surface area contributed by atoms with Crippen molar-refractivity contribution in [3.63, 3.8) is 0 Å². The zero-order chi connectivity index (χ0) is 24.1. The van der Waals surface area contributed by atoms with Crippen molar-refractivity contribution in [1.29, 1.82) is 0 Å². The first-order chi connectivity index (χ1) is 16.8. The fourth-order valence-corrected chi connectivity index (χ4v) is 4.71. The van der Waals surface area contributed by atoms with Crippen molar-refractivity contribution in [2.24, 2.45) is 5.73 Å². The normalized spacial score (nSPS) is 11.2. The van der Waals surface area contributed by atoms with E-state index in [2.05, 4.69) is 65.1 Å². The summed E-state index contributed by atoms with van der Waals surface area (Å²) in [5.41, 5.74) is 8.16. The van der Waals surface area contributed by atoms with E-state index in [9.17, 15) is 0 Å². The summed E-state index contributed by atoms with van der Waals surface area (Å²) >= 11 is 0. The molecule has 0 fully saturated rings. The molecule has 0 aromatic carbocycles. The molecule has 2 heterocycles. The summed E-state index contributed by atoms with van der Waals surface area (Å²) in [7, 11) is 0. The molecule has 2 aromatic heterocycles. The molecule has 0 aliphatic rings. The Bertz CT molecular complexity index is 708. The second kappa shape index (κ2) is 19.6. The Morgan fingerprint density at radius 1 is 0.471 bits per heavy atom. The van der Waals surface area contributed by atoms with Crippen molar-refractivity contribution < 1.29 is 9.13 Å². The maximum absolute atomic E-state index is 5.60. The summed E-state index contributed by atoms with van der Waals surface area (Å²) in [6, 6.07) is 8.88. The number of nitrogens with two attached hydrogens (primary N) is 1. The molecule has 190 valence electrons. The minimum absolute atomic E-state index is 0.743. The quantitative estimate of drug-likeness (QED) is 0.149. The summed E-state index contributed by atoms with van der Waals surface area (Å²) < 4.78 is 4.54. The summed E-state index contributed by atoms with van der Waals surface area (Å²) in [4.78, 5) is 0. The van der Waals surface area contributed by atoms with Crippen LogP contribution in [0.4, 0.5) is 0 Å². The molecule has 0 bridgehead atoms. The smallest absolute Gasteiger partial charge is 0.169 e. The van der Waals surface area contributed by atoms with Gasteiger partial charge in [-0.1, -0.05) is 96.8 Å². The van der Waals surface area contributed by atoms with Crippen LogP contribution in [0.5, 0.6) is 0 Å². The van der Waals surface area contributed by atoms with Crippen LogP contribution in [0.25, 0.3) is 11.1 Å². The van der Waals surface area contributed by atoms with Crippen LogP contribution in [-0.4, -0.2) is 6.54 Å². The fraction of sp³-hybridized carbons (Fsp3) is 0.677. The van der Waals surface area contributed by atoms with Crippen LogP contribution in [0.3, 0.4) is 0 Å². The predicted molar refractivity (Wildman–Crippen MR) is 145 cm³/mol. The molecule has 2 N–H and O–H groups in total. The number of hydrogen-bond acceptors (Lipinski definition) is 1. The van der Waals surface area contributed by atoms with E-state index in [0.717, 1.165) is 26.1 Å². The van der Waals surface area contributed by atoms with Gasteiger partial charge in [-0.3, -0.25) is 0 Å². The molecule has 0 radical (unpaired) electrons. The first-order valence-electron chi connectivity index (χ1n) is 14.5. The molecule has 34 heavy (non-hydrogen) atoms. The standard InChI is InChI=1S/C31H53N3/c1-2-3-4-5-6-7-8-9-10-11-12-13-14-15-16-17-24-33-26-19-30(20-27-33)31-21-28-34(29-22-31)25-18-23-32/h19-22,26-29H,2-18,23-25,32H2,1H3/q+2. The van der Waals surface area contributed by atoms with Gasteiger partial charge in [0, 0.05) is 37.1 Å². The Labute approximate surface area is 210 Å². The maximum Gasteiger partial charge on any atom is 0.169 e. The zero-order valence-corrected chi connectivity index (χ0v) is 22.2. The molecule has 0 atom stereocenters. The molecule has 0 amide bonds. The molecule has 0 saturated carbocycles. The summed E-state index contributed by atoms with van der Waals surface area (Å²) in [6.45, 7) is 5.16. The Hall–Kier alpha value is -1.74. The van der Waals surface area contributed by atoms with Crippen molar-refractivity contribution in [2.75, 3.05) is 6.54 Å². The lowest BCUT2D eigenvalue weighted by atomic mass is 10.0. The fourth-order valence-electron chi connectivity index (χ4n) is 4.71. The van der Waals surface area contributed by atoms with Gasteiger partial charge in [0.2, 0.25) is 0 Å². The minimum Gasteiger partial charge on any atom is -0.330 e. The number of aromatic nitrogens is 2. The Kier molecular flexibility index (Phi) is 16.4. The van der Waals surface area contributed by atoms with E-state index in [-0.39, 0.29) is 0 Å². The summed E-state index contributed by atoms with van der Waals surface area (Å²) in [5.74, 6) is 0. The van der Waals surface area contributed by atoms with E-state index in [1.54, 1.807) is 0 Å². The number of pyridine rings is 2. The lowest BCUT2D eigenvalue weighted by Gasteiger charge is -2.03. The van der Waals surface area contributed by atoms with Gasteiger partial charge in [0.25, 0.3) is 0 Å². The highest BCUT2D eigenvalue weighted by Crippen LogP contribution is 2.16. The van der Waals surface area contributed by atoms with Crippen LogP contribution in [0, 0.1) is 0 Å². The van der Waals surface area contributed by atoms with Crippen molar-refractivity contribution in [1.82, 2.24) is 0 Å². The van der Waals surface area contributed by atoms with Crippen molar-refractivity contribution in [2.45, 2.75) is 129 Å². The molecule has 2 rings (SSSR count). The number of nitrogens with zero attached hydrogens (tertiary/aromatic N) is 2. The third-order valence-corrected chi connectivity index (χ3v) is 7.01. The maximum atomic E-state index is 5.60. The summed E-state index contributed by atoms with van der Waals surface area (Å²) in [5, 5.41) is 0. The van der Waals surface area contributed by atoms with Gasteiger partial charge in [-0.15, -0.1) is 0 Å². The van der Waals surface area contributed by atoms with E-state index in [1.807, 2.05) is 0 Å². The molecule has 0 spiro atoms. The van der Waals surface area contributed by atoms with Gasteiger partial charge in [0.05, 0.1) is 0 Å². The molecule has 3 nitrogen and oxygen atoms in total. The lowest BCUT2D eigenvalue weighted by Crippen LogP contribution is -2.33. The third-order valence-electron chi connectivity index (χ3n) is 7.01. The number of aryl methyl sites for hydroxylation is 2. The zero-order valence-electron chi connectivity index (χ0n) is 22.2. The van der Waals surface area contributed by atoms with Crippen molar-refractivity contribution in [3.05, 3.63) is 49.1 Å². The van der Waals surface area contributed by atoms with Gasteiger partial charge >= 0.3 is 0 Å². The van der Waals surface area contributed by atoms with Crippen molar-refractivity contribution >= 4 is 0 Å². The highest BCUT2D eigenvalue weighted by atomic mass is 14.9. The first-order valence-corrected chi connectivity index (χ1v) is 14.5. The first kappa shape index (κ1) is 28.5. The summed E-state index contributed by atoms with van der Waals surface area (Å²) in [6.07, 6.45) is 32.6. The van der Waals surface area contributed by atoms with Crippen molar-refractivity contribution in [3.8, 4) is 11.1 Å². The topological polar surface area (TPSA) is 33.8 Å². The molecule has 2 aromatic rings. The van der Waals surface area contributed by atoms with Crippen LogP contribution < -0.4 is 14.9 Å². The van der Waals surface area contributed by atoms with Gasteiger partial charge in [-0.05, 0) is 24.1 Å². The second-order valence-electron chi connectivity index (χ2n) is 10.1. The number of unbranched alkanes of at least 4 members (excludes halogenated alkanes) is 15. The lowest BCUT2D eigenvalue weighted by molar-refractivity contribution is -0.697. The van der Waals surface area contributed by atoms with E-state index in [0.29, 0.717) is 0 Å². The van der Waals surface area contributed by atoms with Crippen LogP contribution in [0.2, 0.25) is 0 Å². The average Bonchev–Trinajstić information content (AvgIpc) is 2.88. The van der Waals surface area contributed by atoms with Gasteiger partial charge < -0.3 is 5.73 Å². The van der Waals surface area contributed by atoms with Gasteiger partial charge in [-0.2, -0.15) is 0 Å². The molecule has 0 aliphatic heterocycles. The van der Waals surface area contributed by atoms with Gasteiger partial charge in [0.15, 0.2) is 24.8 Å². The van der Waals surface area contributed by atoms with E-state index in [1.165, 1.54) is 114 Å². The van der Waals surface area contributed by atoms with Crippen LogP contribution in [0.1, 0.15) is 116 Å². The largest absolute Gasteiger partial charge is 0.330 e. The number of rotatable bonds is 21. The average molecular weight is 468 g/mol. The highest BCUT2D eigenvalue weighted by molar-refractivity contribution is 5.60. The highest BCUT2D eigenvalue weighted by Gasteiger charge is 2.06.